The average Bonchev–Trinajstić information content (AvgIpc) is 2.94. The number of benzene rings is 1. The largest absolute Gasteiger partial charge is 0.360 e. The van der Waals surface area contributed by atoms with Crippen molar-refractivity contribution >= 4 is 22.5 Å². The van der Waals surface area contributed by atoms with E-state index < -0.39 is 0 Å². The molecule has 5 heteroatoms. The van der Waals surface area contributed by atoms with Crippen molar-refractivity contribution in [1.82, 2.24) is 20.3 Å². The first-order chi connectivity index (χ1) is 8.79. The van der Waals surface area contributed by atoms with Gasteiger partial charge in [0, 0.05) is 29.2 Å². The van der Waals surface area contributed by atoms with Gasteiger partial charge in [-0.25, -0.2) is 4.98 Å². The molecule has 3 rings (SSSR count). The van der Waals surface area contributed by atoms with Crippen LogP contribution in [0.1, 0.15) is 5.69 Å². The number of rotatable bonds is 3. The van der Waals surface area contributed by atoms with E-state index in [9.17, 15) is 0 Å². The second-order valence-electron chi connectivity index (χ2n) is 4.13. The third-order valence-corrected chi connectivity index (χ3v) is 3.24. The summed E-state index contributed by atoms with van der Waals surface area (Å²) >= 11 is 6.10. The fraction of sp³-hybridized carbons (Fsp3) is 0.154. The molecule has 2 aromatic heterocycles. The van der Waals surface area contributed by atoms with E-state index in [1.807, 2.05) is 31.4 Å². The van der Waals surface area contributed by atoms with Crippen LogP contribution in [0.3, 0.4) is 0 Å². The molecule has 0 aliphatic rings. The van der Waals surface area contributed by atoms with Crippen LogP contribution in [0.25, 0.3) is 22.3 Å². The third-order valence-electron chi connectivity index (χ3n) is 2.93. The normalized spacial score (nSPS) is 11.2. The van der Waals surface area contributed by atoms with Crippen molar-refractivity contribution in [1.29, 1.82) is 0 Å². The molecule has 0 saturated carbocycles. The van der Waals surface area contributed by atoms with Gasteiger partial charge in [-0.15, -0.1) is 0 Å². The Morgan fingerprint density at radius 3 is 3.00 bits per heavy atom. The maximum absolute atomic E-state index is 6.10. The SMILES string of the molecule is CNCc1[nH]c(-c2c[nH]c3ccccc23)nc1Cl. The van der Waals surface area contributed by atoms with Crippen LogP contribution in [0.5, 0.6) is 0 Å². The summed E-state index contributed by atoms with van der Waals surface area (Å²) in [4.78, 5) is 10.9. The first-order valence-corrected chi connectivity index (χ1v) is 6.13. The highest BCUT2D eigenvalue weighted by atomic mass is 35.5. The number of hydrogen-bond acceptors (Lipinski definition) is 2. The lowest BCUT2D eigenvalue weighted by atomic mass is 10.2. The molecule has 1 aromatic carbocycles. The lowest BCUT2D eigenvalue weighted by Gasteiger charge is -1.95. The van der Waals surface area contributed by atoms with Crippen molar-refractivity contribution < 1.29 is 0 Å². The van der Waals surface area contributed by atoms with Crippen LogP contribution in [0.2, 0.25) is 5.15 Å². The fourth-order valence-electron chi connectivity index (χ4n) is 2.08. The molecular formula is C13H13ClN4. The Labute approximate surface area is 109 Å². The number of nitrogens with one attached hydrogen (secondary N) is 3. The van der Waals surface area contributed by atoms with Gasteiger partial charge in [0.15, 0.2) is 5.15 Å². The van der Waals surface area contributed by atoms with E-state index in [1.54, 1.807) is 0 Å². The van der Waals surface area contributed by atoms with Crippen LogP contribution in [0.4, 0.5) is 0 Å². The molecule has 0 spiro atoms. The van der Waals surface area contributed by atoms with Gasteiger partial charge in [0.1, 0.15) is 5.82 Å². The molecule has 0 bridgehead atoms. The van der Waals surface area contributed by atoms with Gasteiger partial charge in [-0.1, -0.05) is 29.8 Å². The van der Waals surface area contributed by atoms with Crippen molar-refractivity contribution in [2.75, 3.05) is 7.05 Å². The molecule has 0 amide bonds. The molecule has 0 fully saturated rings. The lowest BCUT2D eigenvalue weighted by molar-refractivity contribution is 0.798. The molecule has 2 heterocycles. The van der Waals surface area contributed by atoms with Crippen molar-refractivity contribution in [3.63, 3.8) is 0 Å². The molecule has 3 N–H and O–H groups in total. The number of hydrogen-bond donors (Lipinski definition) is 3. The Morgan fingerprint density at radius 2 is 2.17 bits per heavy atom. The first-order valence-electron chi connectivity index (χ1n) is 5.75. The highest BCUT2D eigenvalue weighted by molar-refractivity contribution is 6.30. The van der Waals surface area contributed by atoms with E-state index in [4.69, 9.17) is 11.6 Å². The Kier molecular flexibility index (Phi) is 2.81. The third kappa shape index (κ3) is 1.79. The van der Waals surface area contributed by atoms with Crippen LogP contribution >= 0.6 is 11.6 Å². The highest BCUT2D eigenvalue weighted by Crippen LogP contribution is 2.28. The average molecular weight is 261 g/mol. The van der Waals surface area contributed by atoms with Gasteiger partial charge in [-0.2, -0.15) is 0 Å². The summed E-state index contributed by atoms with van der Waals surface area (Å²) in [5, 5.41) is 4.71. The molecule has 0 atom stereocenters. The van der Waals surface area contributed by atoms with E-state index in [-0.39, 0.29) is 0 Å². The minimum Gasteiger partial charge on any atom is -0.360 e. The maximum atomic E-state index is 6.10. The van der Waals surface area contributed by atoms with E-state index in [2.05, 4.69) is 26.3 Å². The molecule has 0 unspecified atom stereocenters. The van der Waals surface area contributed by atoms with Gasteiger partial charge >= 0.3 is 0 Å². The predicted octanol–water partition coefficient (Wildman–Crippen LogP) is 2.93. The van der Waals surface area contributed by atoms with Crippen LogP contribution in [-0.2, 0) is 6.54 Å². The van der Waals surface area contributed by atoms with Gasteiger partial charge in [-0.3, -0.25) is 0 Å². The number of para-hydroxylation sites is 1. The van der Waals surface area contributed by atoms with Gasteiger partial charge in [0.2, 0.25) is 0 Å². The number of aromatic nitrogens is 3. The number of aromatic amines is 2. The number of imidazole rings is 1. The Morgan fingerprint density at radius 1 is 1.33 bits per heavy atom. The predicted molar refractivity (Wildman–Crippen MR) is 73.7 cm³/mol. The Hall–Kier alpha value is -1.78. The van der Waals surface area contributed by atoms with E-state index >= 15 is 0 Å². The summed E-state index contributed by atoms with van der Waals surface area (Å²) in [6.07, 6.45) is 1.95. The molecule has 0 aliphatic heterocycles. The van der Waals surface area contributed by atoms with E-state index in [0.29, 0.717) is 11.7 Å². The monoisotopic (exact) mass is 260 g/mol. The summed E-state index contributed by atoms with van der Waals surface area (Å²) in [5.74, 6) is 0.794. The molecule has 18 heavy (non-hydrogen) atoms. The highest BCUT2D eigenvalue weighted by Gasteiger charge is 2.12. The zero-order valence-corrected chi connectivity index (χ0v) is 10.7. The second kappa shape index (κ2) is 4.48. The molecule has 0 saturated heterocycles. The van der Waals surface area contributed by atoms with Crippen molar-refractivity contribution in [3.05, 3.63) is 41.3 Å². The van der Waals surface area contributed by atoms with Gasteiger partial charge in [0.25, 0.3) is 0 Å². The number of fused-ring (bicyclic) bond motifs is 1. The van der Waals surface area contributed by atoms with Gasteiger partial charge in [0.05, 0.1) is 5.69 Å². The summed E-state index contributed by atoms with van der Waals surface area (Å²) in [6, 6.07) is 8.12. The first kappa shape index (κ1) is 11.3. The van der Waals surface area contributed by atoms with Crippen LogP contribution in [0.15, 0.2) is 30.5 Å². The number of H-pyrrole nitrogens is 2. The molecule has 92 valence electrons. The lowest BCUT2D eigenvalue weighted by Crippen LogP contribution is -2.05. The molecular weight excluding hydrogens is 248 g/mol. The number of halogens is 1. The summed E-state index contributed by atoms with van der Waals surface area (Å²) in [7, 11) is 1.88. The Bertz CT molecular complexity index is 683. The zero-order chi connectivity index (χ0) is 12.5. The van der Waals surface area contributed by atoms with Crippen molar-refractivity contribution in [3.8, 4) is 11.4 Å². The van der Waals surface area contributed by atoms with Gasteiger partial charge < -0.3 is 15.3 Å². The molecule has 4 nitrogen and oxygen atoms in total. The van der Waals surface area contributed by atoms with E-state index in [0.717, 1.165) is 28.0 Å². The minimum atomic E-state index is 0.518. The van der Waals surface area contributed by atoms with Crippen molar-refractivity contribution in [2.45, 2.75) is 6.54 Å². The second-order valence-corrected chi connectivity index (χ2v) is 4.49. The fourth-order valence-corrected chi connectivity index (χ4v) is 2.28. The minimum absolute atomic E-state index is 0.518. The number of nitrogens with zero attached hydrogens (tertiary/aromatic N) is 1. The molecule has 0 radical (unpaired) electrons. The standard InChI is InChI=1S/C13H13ClN4/c1-15-7-11-12(14)18-13(17-11)9-6-16-10-5-3-2-4-8(9)10/h2-6,15-16H,7H2,1H3,(H,17,18). The molecule has 0 aliphatic carbocycles. The quantitative estimate of drug-likeness (QED) is 0.678. The smallest absolute Gasteiger partial charge is 0.152 e. The van der Waals surface area contributed by atoms with Crippen molar-refractivity contribution in [2.24, 2.45) is 0 Å². The molecule has 3 aromatic rings. The Balaban J connectivity index is 2.11. The topological polar surface area (TPSA) is 56.5 Å². The van der Waals surface area contributed by atoms with Crippen LogP contribution < -0.4 is 5.32 Å². The summed E-state index contributed by atoms with van der Waals surface area (Å²) in [5.41, 5.74) is 3.03. The van der Waals surface area contributed by atoms with E-state index in [1.165, 1.54) is 0 Å². The van der Waals surface area contributed by atoms with Gasteiger partial charge in [-0.05, 0) is 13.1 Å². The summed E-state index contributed by atoms with van der Waals surface area (Å²) in [6.45, 7) is 0.675. The van der Waals surface area contributed by atoms with Crippen LogP contribution in [0, 0.1) is 0 Å². The maximum Gasteiger partial charge on any atom is 0.152 e. The summed E-state index contributed by atoms with van der Waals surface area (Å²) < 4.78 is 0. The zero-order valence-electron chi connectivity index (χ0n) is 9.92. The van der Waals surface area contributed by atoms with Crippen LogP contribution in [-0.4, -0.2) is 22.0 Å².